The molecular weight excluding hydrogens is 232 g/mol. The number of thiophene rings is 1. The lowest BCUT2D eigenvalue weighted by molar-refractivity contribution is 0.219. The van der Waals surface area contributed by atoms with Crippen molar-refractivity contribution in [1.29, 1.82) is 0 Å². The second-order valence-corrected chi connectivity index (χ2v) is 4.56. The fourth-order valence-corrected chi connectivity index (χ4v) is 2.57. The molecule has 0 spiro atoms. The first-order valence-electron chi connectivity index (χ1n) is 5.95. The maximum Gasteiger partial charge on any atom is 0.188 e. The van der Waals surface area contributed by atoms with Crippen molar-refractivity contribution in [2.45, 2.75) is 19.9 Å². The lowest BCUT2D eigenvalue weighted by Crippen LogP contribution is -2.40. The molecule has 1 unspecified atom stereocenters. The first-order chi connectivity index (χ1) is 8.22. The summed E-state index contributed by atoms with van der Waals surface area (Å²) in [5.41, 5.74) is 7.02. The summed E-state index contributed by atoms with van der Waals surface area (Å²) in [5, 5.41) is 7.47. The van der Waals surface area contributed by atoms with Crippen LogP contribution in [-0.2, 0) is 0 Å². The van der Waals surface area contributed by atoms with E-state index in [0.29, 0.717) is 12.0 Å². The van der Waals surface area contributed by atoms with E-state index in [0.717, 1.165) is 19.6 Å². The molecule has 1 atom stereocenters. The number of rotatable bonds is 6. The summed E-state index contributed by atoms with van der Waals surface area (Å²) in [6.45, 7) is 7.21. The average Bonchev–Trinajstić information content (AvgIpc) is 2.87. The summed E-state index contributed by atoms with van der Waals surface area (Å²) >= 11 is 1.73. The van der Waals surface area contributed by atoms with Crippen molar-refractivity contribution in [3.8, 4) is 0 Å². The van der Waals surface area contributed by atoms with E-state index in [1.165, 1.54) is 5.56 Å². The van der Waals surface area contributed by atoms with Crippen LogP contribution >= 0.6 is 11.3 Å². The van der Waals surface area contributed by atoms with E-state index in [2.05, 4.69) is 45.9 Å². The van der Waals surface area contributed by atoms with Gasteiger partial charge in [-0.25, -0.2) is 0 Å². The number of hydrogen-bond acceptors (Lipinski definition) is 3. The van der Waals surface area contributed by atoms with Crippen LogP contribution in [0.25, 0.3) is 0 Å². The predicted octanol–water partition coefficient (Wildman–Crippen LogP) is 1.67. The van der Waals surface area contributed by atoms with Crippen molar-refractivity contribution in [2.75, 3.05) is 26.7 Å². The fourth-order valence-electron chi connectivity index (χ4n) is 1.87. The molecule has 0 radical (unpaired) electrons. The number of guanidine groups is 1. The summed E-state index contributed by atoms with van der Waals surface area (Å²) in [4.78, 5) is 6.33. The molecule has 4 nitrogen and oxygen atoms in total. The van der Waals surface area contributed by atoms with Crippen LogP contribution in [0.4, 0.5) is 0 Å². The minimum absolute atomic E-state index is 0.358. The Balaban J connectivity index is 2.72. The zero-order valence-corrected chi connectivity index (χ0v) is 11.6. The Hall–Kier alpha value is -1.07. The molecule has 0 aliphatic heterocycles. The largest absolute Gasteiger partial charge is 0.370 e. The van der Waals surface area contributed by atoms with Gasteiger partial charge in [-0.3, -0.25) is 9.89 Å². The SMILES string of the molecule is CCN(CC)C(CNC(N)=NC)c1ccsc1. The summed E-state index contributed by atoms with van der Waals surface area (Å²) in [6.07, 6.45) is 0. The standard InChI is InChI=1S/C12H22N4S/c1-4-16(5-2)11(8-15-12(13)14-3)10-6-7-17-9-10/h6-7,9,11H,4-5,8H2,1-3H3,(H3,13,14,15). The van der Waals surface area contributed by atoms with Gasteiger partial charge in [-0.05, 0) is 35.5 Å². The molecule has 0 aromatic carbocycles. The molecule has 0 amide bonds. The smallest absolute Gasteiger partial charge is 0.188 e. The van der Waals surface area contributed by atoms with Gasteiger partial charge in [0.1, 0.15) is 0 Å². The van der Waals surface area contributed by atoms with Gasteiger partial charge in [0.15, 0.2) is 5.96 Å². The summed E-state index contributed by atoms with van der Waals surface area (Å²) in [5.74, 6) is 0.498. The highest BCUT2D eigenvalue weighted by atomic mass is 32.1. The number of hydrogen-bond donors (Lipinski definition) is 2. The van der Waals surface area contributed by atoms with Gasteiger partial charge in [0.05, 0.1) is 6.04 Å². The monoisotopic (exact) mass is 254 g/mol. The molecule has 96 valence electrons. The Bertz CT molecular complexity index is 330. The van der Waals surface area contributed by atoms with Crippen molar-refractivity contribution < 1.29 is 0 Å². The zero-order chi connectivity index (χ0) is 12.7. The minimum atomic E-state index is 0.358. The van der Waals surface area contributed by atoms with Gasteiger partial charge in [0.25, 0.3) is 0 Å². The molecule has 0 aliphatic carbocycles. The second-order valence-electron chi connectivity index (χ2n) is 3.78. The highest BCUT2D eigenvalue weighted by molar-refractivity contribution is 7.07. The molecule has 1 rings (SSSR count). The van der Waals surface area contributed by atoms with Crippen molar-refractivity contribution in [1.82, 2.24) is 10.2 Å². The first-order valence-corrected chi connectivity index (χ1v) is 6.89. The molecule has 5 heteroatoms. The van der Waals surface area contributed by atoms with E-state index in [4.69, 9.17) is 5.73 Å². The van der Waals surface area contributed by atoms with Crippen LogP contribution in [-0.4, -0.2) is 37.5 Å². The molecule has 0 bridgehead atoms. The number of likely N-dealkylation sites (N-methyl/N-ethyl adjacent to an activating group) is 1. The van der Waals surface area contributed by atoms with Gasteiger partial charge >= 0.3 is 0 Å². The lowest BCUT2D eigenvalue weighted by atomic mass is 10.1. The van der Waals surface area contributed by atoms with Gasteiger partial charge in [-0.1, -0.05) is 13.8 Å². The fraction of sp³-hybridized carbons (Fsp3) is 0.583. The molecule has 17 heavy (non-hydrogen) atoms. The molecule has 1 aromatic rings. The van der Waals surface area contributed by atoms with E-state index in [9.17, 15) is 0 Å². The van der Waals surface area contributed by atoms with Crippen molar-refractivity contribution >= 4 is 17.3 Å². The molecule has 1 heterocycles. The highest BCUT2D eigenvalue weighted by Gasteiger charge is 2.18. The Morgan fingerprint density at radius 1 is 1.53 bits per heavy atom. The zero-order valence-electron chi connectivity index (χ0n) is 10.8. The van der Waals surface area contributed by atoms with Gasteiger partial charge < -0.3 is 11.1 Å². The third kappa shape index (κ3) is 4.02. The van der Waals surface area contributed by atoms with Crippen LogP contribution < -0.4 is 11.1 Å². The number of nitrogens with two attached hydrogens (primary N) is 1. The summed E-state index contributed by atoms with van der Waals surface area (Å²) in [7, 11) is 1.69. The molecule has 0 saturated carbocycles. The Labute approximate surface area is 108 Å². The van der Waals surface area contributed by atoms with Gasteiger partial charge in [0.2, 0.25) is 0 Å². The van der Waals surface area contributed by atoms with Gasteiger partial charge in [-0.2, -0.15) is 11.3 Å². The van der Waals surface area contributed by atoms with E-state index >= 15 is 0 Å². The van der Waals surface area contributed by atoms with E-state index in [-0.39, 0.29) is 0 Å². The third-order valence-electron chi connectivity index (χ3n) is 2.90. The number of nitrogens with one attached hydrogen (secondary N) is 1. The van der Waals surface area contributed by atoms with Crippen LogP contribution in [0.3, 0.4) is 0 Å². The molecule has 3 N–H and O–H groups in total. The van der Waals surface area contributed by atoms with Gasteiger partial charge in [-0.15, -0.1) is 0 Å². The van der Waals surface area contributed by atoms with Crippen LogP contribution in [0, 0.1) is 0 Å². The Morgan fingerprint density at radius 3 is 2.71 bits per heavy atom. The molecular formula is C12H22N4S. The van der Waals surface area contributed by atoms with E-state index in [1.807, 2.05) is 0 Å². The molecule has 0 fully saturated rings. The van der Waals surface area contributed by atoms with Crippen LogP contribution in [0.2, 0.25) is 0 Å². The van der Waals surface area contributed by atoms with Crippen LogP contribution in [0.5, 0.6) is 0 Å². The predicted molar refractivity (Wildman–Crippen MR) is 75.5 cm³/mol. The van der Waals surface area contributed by atoms with Crippen molar-refractivity contribution in [2.24, 2.45) is 10.7 Å². The lowest BCUT2D eigenvalue weighted by Gasteiger charge is -2.29. The quantitative estimate of drug-likeness (QED) is 0.600. The average molecular weight is 254 g/mol. The van der Waals surface area contributed by atoms with Crippen LogP contribution in [0.1, 0.15) is 25.5 Å². The Kier molecular flexibility index (Phi) is 6.00. The second kappa shape index (κ2) is 7.29. The molecule has 0 aliphatic rings. The summed E-state index contributed by atoms with van der Waals surface area (Å²) in [6, 6.07) is 2.53. The van der Waals surface area contributed by atoms with E-state index in [1.54, 1.807) is 18.4 Å². The molecule has 0 saturated heterocycles. The number of nitrogens with zero attached hydrogens (tertiary/aromatic N) is 2. The maximum absolute atomic E-state index is 5.68. The normalized spacial score (nSPS) is 14.0. The minimum Gasteiger partial charge on any atom is -0.370 e. The van der Waals surface area contributed by atoms with Crippen molar-refractivity contribution in [3.63, 3.8) is 0 Å². The third-order valence-corrected chi connectivity index (χ3v) is 3.60. The topological polar surface area (TPSA) is 53.6 Å². The maximum atomic E-state index is 5.68. The molecule has 1 aromatic heterocycles. The van der Waals surface area contributed by atoms with Crippen LogP contribution in [0.15, 0.2) is 21.8 Å². The van der Waals surface area contributed by atoms with Gasteiger partial charge in [0, 0.05) is 13.6 Å². The Morgan fingerprint density at radius 2 is 2.24 bits per heavy atom. The van der Waals surface area contributed by atoms with E-state index < -0.39 is 0 Å². The number of aliphatic imine (C=N–C) groups is 1. The summed E-state index contributed by atoms with van der Waals surface area (Å²) < 4.78 is 0. The highest BCUT2D eigenvalue weighted by Crippen LogP contribution is 2.21. The van der Waals surface area contributed by atoms with Crippen molar-refractivity contribution in [3.05, 3.63) is 22.4 Å². The first kappa shape index (κ1) is 14.0.